The Morgan fingerprint density at radius 1 is 0.857 bits per heavy atom. The number of hydrogen-bond acceptors (Lipinski definition) is 5. The van der Waals surface area contributed by atoms with Crippen molar-refractivity contribution in [2.45, 2.75) is 32.2 Å². The number of carbonyl (C=O) groups excluding carboxylic acids is 2. The molecule has 35 heavy (non-hydrogen) atoms. The molecule has 2 amide bonds. The summed E-state index contributed by atoms with van der Waals surface area (Å²) in [7, 11) is 0. The maximum atomic E-state index is 13.5. The molecule has 6 nitrogen and oxygen atoms in total. The van der Waals surface area contributed by atoms with Crippen molar-refractivity contribution in [3.05, 3.63) is 124 Å². The van der Waals surface area contributed by atoms with Crippen LogP contribution < -0.4 is 5.32 Å². The van der Waals surface area contributed by atoms with Crippen molar-refractivity contribution in [3.8, 4) is 0 Å². The molecule has 4 aromatic rings. The van der Waals surface area contributed by atoms with Crippen molar-refractivity contribution in [1.82, 2.24) is 15.2 Å². The number of benzene rings is 3. The minimum atomic E-state index is -0.754. The van der Waals surface area contributed by atoms with Gasteiger partial charge in [-0.3, -0.25) is 14.7 Å². The van der Waals surface area contributed by atoms with Crippen LogP contribution >= 0.6 is 11.3 Å². The number of ether oxygens (including phenoxy) is 1. The first-order valence-electron chi connectivity index (χ1n) is 11.4. The number of hydrogen-bond donors (Lipinski definition) is 1. The lowest BCUT2D eigenvalue weighted by atomic mass is 10.0. The van der Waals surface area contributed by atoms with E-state index in [1.807, 2.05) is 91.0 Å². The minimum Gasteiger partial charge on any atom is -0.444 e. The Kier molecular flexibility index (Phi) is 8.62. The predicted molar refractivity (Wildman–Crippen MR) is 137 cm³/mol. The first kappa shape index (κ1) is 24.2. The van der Waals surface area contributed by atoms with Gasteiger partial charge in [0, 0.05) is 25.7 Å². The Morgan fingerprint density at radius 2 is 1.46 bits per heavy atom. The van der Waals surface area contributed by atoms with Crippen LogP contribution in [0, 0.1) is 0 Å². The van der Waals surface area contributed by atoms with E-state index >= 15 is 0 Å². The first-order valence-corrected chi connectivity index (χ1v) is 12.3. The van der Waals surface area contributed by atoms with Crippen molar-refractivity contribution in [2.75, 3.05) is 0 Å². The van der Waals surface area contributed by atoms with Gasteiger partial charge in [-0.1, -0.05) is 91.0 Å². The normalized spacial score (nSPS) is 11.4. The summed E-state index contributed by atoms with van der Waals surface area (Å²) in [5, 5.41) is 3.01. The topological polar surface area (TPSA) is 71.5 Å². The molecule has 0 saturated heterocycles. The van der Waals surface area contributed by atoms with E-state index in [2.05, 4.69) is 10.3 Å². The molecular formula is C28H27N3O3S. The average Bonchev–Trinajstić information content (AvgIpc) is 3.43. The van der Waals surface area contributed by atoms with Crippen LogP contribution in [0.5, 0.6) is 0 Å². The molecule has 7 heteroatoms. The predicted octanol–water partition coefficient (Wildman–Crippen LogP) is 5.21. The number of rotatable bonds is 10. The Hall–Kier alpha value is -3.97. The molecule has 1 atom stereocenters. The molecule has 0 aliphatic heterocycles. The summed E-state index contributed by atoms with van der Waals surface area (Å²) in [6, 6.07) is 28.3. The molecular weight excluding hydrogens is 458 g/mol. The number of nitrogens with zero attached hydrogens (tertiary/aromatic N) is 2. The van der Waals surface area contributed by atoms with Crippen LogP contribution in [0.1, 0.15) is 21.6 Å². The second-order valence-electron chi connectivity index (χ2n) is 8.04. The van der Waals surface area contributed by atoms with Gasteiger partial charge in [-0.05, 0) is 16.7 Å². The SMILES string of the molecule is O=C(NCc1ccccc1)[C@H](Cc1ccccc1)N(Cc1ccccc1)C(=O)OCc1cncs1. The van der Waals surface area contributed by atoms with Crippen LogP contribution in [-0.2, 0) is 35.6 Å². The number of aromatic nitrogens is 1. The zero-order chi connectivity index (χ0) is 24.3. The molecule has 0 bridgehead atoms. The molecule has 0 aliphatic rings. The zero-order valence-electron chi connectivity index (χ0n) is 19.2. The fraction of sp³-hybridized carbons (Fsp3) is 0.179. The first-order chi connectivity index (χ1) is 17.2. The van der Waals surface area contributed by atoms with Gasteiger partial charge >= 0.3 is 6.09 Å². The third kappa shape index (κ3) is 7.25. The maximum absolute atomic E-state index is 13.5. The number of amides is 2. The zero-order valence-corrected chi connectivity index (χ0v) is 20.1. The highest BCUT2D eigenvalue weighted by Gasteiger charge is 2.31. The van der Waals surface area contributed by atoms with Gasteiger partial charge in [-0.2, -0.15) is 0 Å². The molecule has 0 spiro atoms. The van der Waals surface area contributed by atoms with Crippen LogP contribution in [-0.4, -0.2) is 27.9 Å². The quantitative estimate of drug-likeness (QED) is 0.335. The molecule has 0 saturated carbocycles. The van der Waals surface area contributed by atoms with E-state index in [-0.39, 0.29) is 19.1 Å². The van der Waals surface area contributed by atoms with Gasteiger partial charge in [0.05, 0.1) is 10.4 Å². The van der Waals surface area contributed by atoms with Crippen molar-refractivity contribution >= 4 is 23.3 Å². The lowest BCUT2D eigenvalue weighted by molar-refractivity contribution is -0.126. The third-order valence-corrected chi connectivity index (χ3v) is 6.27. The van der Waals surface area contributed by atoms with Crippen LogP contribution in [0.25, 0.3) is 0 Å². The van der Waals surface area contributed by atoms with E-state index in [9.17, 15) is 9.59 Å². The van der Waals surface area contributed by atoms with E-state index in [1.165, 1.54) is 16.2 Å². The van der Waals surface area contributed by atoms with Crippen LogP contribution in [0.15, 0.2) is 103 Å². The van der Waals surface area contributed by atoms with Gasteiger partial charge < -0.3 is 10.1 Å². The minimum absolute atomic E-state index is 0.110. The number of carbonyl (C=O) groups is 2. The van der Waals surface area contributed by atoms with E-state index in [4.69, 9.17) is 4.74 Å². The van der Waals surface area contributed by atoms with Gasteiger partial charge in [0.15, 0.2) is 0 Å². The van der Waals surface area contributed by atoms with Gasteiger partial charge in [0.1, 0.15) is 12.6 Å². The largest absolute Gasteiger partial charge is 0.444 e. The van der Waals surface area contributed by atoms with Crippen molar-refractivity contribution in [2.24, 2.45) is 0 Å². The Morgan fingerprint density at radius 3 is 2.06 bits per heavy atom. The summed E-state index contributed by atoms with van der Waals surface area (Å²) >= 11 is 1.42. The molecule has 1 aromatic heterocycles. The summed E-state index contributed by atoms with van der Waals surface area (Å²) < 4.78 is 5.63. The van der Waals surface area contributed by atoms with Gasteiger partial charge in [0.25, 0.3) is 0 Å². The van der Waals surface area contributed by atoms with Crippen LogP contribution in [0.3, 0.4) is 0 Å². The molecule has 0 aliphatic carbocycles. The Labute approximate surface area is 209 Å². The summed E-state index contributed by atoms with van der Waals surface area (Å²) in [4.78, 5) is 33.3. The summed E-state index contributed by atoms with van der Waals surface area (Å²) in [5.41, 5.74) is 4.55. The van der Waals surface area contributed by atoms with Crippen molar-refractivity contribution in [3.63, 3.8) is 0 Å². The molecule has 178 valence electrons. The van der Waals surface area contributed by atoms with Gasteiger partial charge in [-0.25, -0.2) is 4.79 Å². The fourth-order valence-corrected chi connectivity index (χ4v) is 4.20. The summed E-state index contributed by atoms with van der Waals surface area (Å²) in [5.74, 6) is -0.233. The van der Waals surface area contributed by atoms with Crippen LogP contribution in [0.4, 0.5) is 4.79 Å². The molecule has 0 radical (unpaired) electrons. The Balaban J connectivity index is 1.58. The molecule has 4 rings (SSSR count). The smallest absolute Gasteiger partial charge is 0.411 e. The van der Waals surface area contributed by atoms with E-state index in [0.717, 1.165) is 21.6 Å². The second-order valence-corrected chi connectivity index (χ2v) is 9.02. The standard InChI is InChI=1S/C28H27N3O3S/c32-27(30-17-23-12-6-2-7-13-23)26(16-22-10-4-1-5-11-22)31(19-24-14-8-3-9-15-24)28(33)34-20-25-18-29-21-35-25/h1-15,18,21,26H,16-17,19-20H2,(H,30,32)/t26-/m0/s1. The fourth-order valence-electron chi connectivity index (χ4n) is 3.70. The van der Waals surface area contributed by atoms with Crippen molar-refractivity contribution < 1.29 is 14.3 Å². The number of thiazole rings is 1. The lowest BCUT2D eigenvalue weighted by Gasteiger charge is -2.30. The molecule has 0 fully saturated rings. The highest BCUT2D eigenvalue weighted by Crippen LogP contribution is 2.17. The molecule has 1 N–H and O–H groups in total. The second kappa shape index (κ2) is 12.5. The third-order valence-electron chi connectivity index (χ3n) is 5.51. The molecule has 0 unspecified atom stereocenters. The number of nitrogens with one attached hydrogen (secondary N) is 1. The van der Waals surface area contributed by atoms with E-state index in [0.29, 0.717) is 13.0 Å². The summed E-state index contributed by atoms with van der Waals surface area (Å²) in [6.07, 6.45) is 1.50. The average molecular weight is 486 g/mol. The molecule has 1 heterocycles. The highest BCUT2D eigenvalue weighted by molar-refractivity contribution is 7.09. The molecule has 3 aromatic carbocycles. The van der Waals surface area contributed by atoms with E-state index in [1.54, 1.807) is 11.7 Å². The van der Waals surface area contributed by atoms with Gasteiger partial charge in [-0.15, -0.1) is 11.3 Å². The van der Waals surface area contributed by atoms with Crippen molar-refractivity contribution in [1.29, 1.82) is 0 Å². The summed E-state index contributed by atoms with van der Waals surface area (Å²) in [6.45, 7) is 0.733. The Bertz CT molecular complexity index is 1190. The lowest BCUT2D eigenvalue weighted by Crippen LogP contribution is -2.50. The highest BCUT2D eigenvalue weighted by atomic mass is 32.1. The van der Waals surface area contributed by atoms with Crippen LogP contribution in [0.2, 0.25) is 0 Å². The van der Waals surface area contributed by atoms with Gasteiger partial charge in [0.2, 0.25) is 5.91 Å². The van der Waals surface area contributed by atoms with E-state index < -0.39 is 12.1 Å². The maximum Gasteiger partial charge on any atom is 0.411 e. The monoisotopic (exact) mass is 485 g/mol.